The van der Waals surface area contributed by atoms with E-state index in [9.17, 15) is 18.0 Å². The van der Waals surface area contributed by atoms with Crippen molar-refractivity contribution in [2.24, 2.45) is 0 Å². The van der Waals surface area contributed by atoms with E-state index in [1.165, 1.54) is 17.0 Å². The summed E-state index contributed by atoms with van der Waals surface area (Å²) in [4.78, 5) is 16.0. The van der Waals surface area contributed by atoms with E-state index in [-0.39, 0.29) is 10.7 Å². The average Bonchev–Trinajstić information content (AvgIpc) is 2.54. The van der Waals surface area contributed by atoms with Crippen molar-refractivity contribution in [3.8, 4) is 0 Å². The highest BCUT2D eigenvalue weighted by Gasteiger charge is 2.34. The number of unbranched alkanes of at least 4 members (excludes halogenated alkanes) is 1. The van der Waals surface area contributed by atoms with Crippen molar-refractivity contribution in [1.82, 2.24) is 9.80 Å². The fraction of sp³-hybridized carbons (Fsp3) is 0.562. The van der Waals surface area contributed by atoms with Gasteiger partial charge in [-0.15, -0.1) is 0 Å². The average molecular weight is 364 g/mol. The lowest BCUT2D eigenvalue weighted by atomic mass is 10.1. The van der Waals surface area contributed by atoms with Crippen molar-refractivity contribution < 1.29 is 18.0 Å². The van der Waals surface area contributed by atoms with Gasteiger partial charge in [0, 0.05) is 31.2 Å². The lowest BCUT2D eigenvalue weighted by Crippen LogP contribution is -2.50. The second-order valence-corrected chi connectivity index (χ2v) is 6.24. The molecular weight excluding hydrogens is 343 g/mol. The van der Waals surface area contributed by atoms with Gasteiger partial charge in [0.05, 0.1) is 11.3 Å². The Balaban J connectivity index is 1.99. The third-order valence-corrected chi connectivity index (χ3v) is 4.25. The molecule has 1 saturated heterocycles. The third-order valence-electron chi connectivity index (χ3n) is 4.02. The van der Waals surface area contributed by atoms with Crippen LogP contribution in [-0.2, 0) is 6.18 Å². The SMILES string of the molecule is CCCCN1CCN(C(=O)Nc2ccc(Cl)cc2C(F)(F)F)CC1. The van der Waals surface area contributed by atoms with Crippen molar-refractivity contribution in [3.63, 3.8) is 0 Å². The lowest BCUT2D eigenvalue weighted by molar-refractivity contribution is -0.136. The monoisotopic (exact) mass is 363 g/mol. The van der Waals surface area contributed by atoms with Gasteiger partial charge < -0.3 is 10.2 Å². The Kier molecular flexibility index (Phi) is 6.34. The summed E-state index contributed by atoms with van der Waals surface area (Å²) in [5.74, 6) is 0. The number of rotatable bonds is 4. The Bertz CT molecular complexity index is 572. The molecule has 1 heterocycles. The highest BCUT2D eigenvalue weighted by atomic mass is 35.5. The molecule has 0 aliphatic carbocycles. The molecule has 8 heteroatoms. The number of carbonyl (C=O) groups is 1. The van der Waals surface area contributed by atoms with Gasteiger partial charge in [-0.05, 0) is 31.2 Å². The molecular formula is C16H21ClF3N3O. The highest BCUT2D eigenvalue weighted by Crippen LogP contribution is 2.36. The molecule has 0 atom stereocenters. The molecule has 1 aromatic rings. The summed E-state index contributed by atoms with van der Waals surface area (Å²) in [7, 11) is 0. The van der Waals surface area contributed by atoms with Gasteiger partial charge in [0.1, 0.15) is 0 Å². The van der Waals surface area contributed by atoms with Gasteiger partial charge in [-0.2, -0.15) is 13.2 Å². The molecule has 0 unspecified atom stereocenters. The largest absolute Gasteiger partial charge is 0.418 e. The molecule has 24 heavy (non-hydrogen) atoms. The van der Waals surface area contributed by atoms with Crippen molar-refractivity contribution in [1.29, 1.82) is 0 Å². The smallest absolute Gasteiger partial charge is 0.322 e. The van der Waals surface area contributed by atoms with Crippen LogP contribution in [0.4, 0.5) is 23.7 Å². The molecule has 1 fully saturated rings. The number of carbonyl (C=O) groups excluding carboxylic acids is 1. The number of anilines is 1. The van der Waals surface area contributed by atoms with Gasteiger partial charge in [-0.25, -0.2) is 4.79 Å². The quantitative estimate of drug-likeness (QED) is 0.865. The number of alkyl halides is 3. The summed E-state index contributed by atoms with van der Waals surface area (Å²) in [5.41, 5.74) is -1.21. The van der Waals surface area contributed by atoms with E-state index in [1.54, 1.807) is 0 Å². The number of hydrogen-bond acceptors (Lipinski definition) is 2. The van der Waals surface area contributed by atoms with Gasteiger partial charge >= 0.3 is 12.2 Å². The number of nitrogens with one attached hydrogen (secondary N) is 1. The molecule has 134 valence electrons. The van der Waals surface area contributed by atoms with E-state index in [0.29, 0.717) is 13.1 Å². The molecule has 0 spiro atoms. The second kappa shape index (κ2) is 8.07. The first-order valence-electron chi connectivity index (χ1n) is 7.96. The zero-order chi connectivity index (χ0) is 17.7. The first kappa shape index (κ1) is 18.9. The molecule has 2 rings (SSSR count). The summed E-state index contributed by atoms with van der Waals surface area (Å²) in [6.07, 6.45) is -2.37. The predicted octanol–water partition coefficient (Wildman–Crippen LogP) is 4.31. The van der Waals surface area contributed by atoms with Crippen LogP contribution in [0.1, 0.15) is 25.3 Å². The normalized spacial score (nSPS) is 16.3. The Morgan fingerprint density at radius 2 is 1.92 bits per heavy atom. The van der Waals surface area contributed by atoms with Crippen LogP contribution < -0.4 is 5.32 Å². The maximum atomic E-state index is 13.1. The van der Waals surface area contributed by atoms with E-state index in [2.05, 4.69) is 17.1 Å². The molecule has 4 nitrogen and oxygen atoms in total. The maximum Gasteiger partial charge on any atom is 0.418 e. The van der Waals surface area contributed by atoms with Crippen molar-refractivity contribution in [3.05, 3.63) is 28.8 Å². The van der Waals surface area contributed by atoms with Crippen LogP contribution in [0.5, 0.6) is 0 Å². The molecule has 2 amide bonds. The molecule has 1 aromatic carbocycles. The van der Waals surface area contributed by atoms with Gasteiger partial charge in [-0.1, -0.05) is 24.9 Å². The molecule has 1 N–H and O–H groups in total. The minimum Gasteiger partial charge on any atom is -0.322 e. The van der Waals surface area contributed by atoms with Crippen molar-refractivity contribution in [2.75, 3.05) is 38.0 Å². The van der Waals surface area contributed by atoms with E-state index in [1.807, 2.05) is 0 Å². The topological polar surface area (TPSA) is 35.6 Å². The van der Waals surface area contributed by atoms with Crippen LogP contribution in [0.15, 0.2) is 18.2 Å². The number of hydrogen-bond donors (Lipinski definition) is 1. The summed E-state index contributed by atoms with van der Waals surface area (Å²) in [5, 5.41) is 2.34. The van der Waals surface area contributed by atoms with Gasteiger partial charge in [-0.3, -0.25) is 4.90 Å². The summed E-state index contributed by atoms with van der Waals surface area (Å²) in [6.45, 7) is 5.59. The Hall–Kier alpha value is -1.47. The molecule has 0 bridgehead atoms. The fourth-order valence-corrected chi connectivity index (χ4v) is 2.78. The third kappa shape index (κ3) is 5.01. The van der Waals surface area contributed by atoms with Crippen LogP contribution in [0, 0.1) is 0 Å². The minimum atomic E-state index is -4.58. The van der Waals surface area contributed by atoms with E-state index in [0.717, 1.165) is 38.5 Å². The van der Waals surface area contributed by atoms with E-state index in [4.69, 9.17) is 11.6 Å². The number of halogens is 4. The zero-order valence-corrected chi connectivity index (χ0v) is 14.3. The maximum absolute atomic E-state index is 13.1. The van der Waals surface area contributed by atoms with Gasteiger partial charge in [0.25, 0.3) is 0 Å². The standard InChI is InChI=1S/C16H21ClF3N3O/c1-2-3-6-22-7-9-23(10-8-22)15(24)21-14-5-4-12(17)11-13(14)16(18,19)20/h4-5,11H,2-3,6-10H2,1H3,(H,21,24). The molecule has 0 aromatic heterocycles. The van der Waals surface area contributed by atoms with E-state index < -0.39 is 17.8 Å². The highest BCUT2D eigenvalue weighted by molar-refractivity contribution is 6.30. The molecule has 0 saturated carbocycles. The first-order chi connectivity index (χ1) is 11.3. The van der Waals surface area contributed by atoms with Crippen LogP contribution in [0.25, 0.3) is 0 Å². The second-order valence-electron chi connectivity index (χ2n) is 5.80. The summed E-state index contributed by atoms with van der Waals surface area (Å²) in [6, 6.07) is 2.81. The molecule has 1 aliphatic rings. The number of nitrogens with zero attached hydrogens (tertiary/aromatic N) is 2. The van der Waals surface area contributed by atoms with Crippen LogP contribution in [0.2, 0.25) is 5.02 Å². The number of benzene rings is 1. The number of urea groups is 1. The van der Waals surface area contributed by atoms with Crippen LogP contribution in [0.3, 0.4) is 0 Å². The van der Waals surface area contributed by atoms with Crippen LogP contribution in [-0.4, -0.2) is 48.6 Å². The van der Waals surface area contributed by atoms with Crippen molar-refractivity contribution >= 4 is 23.3 Å². The minimum absolute atomic E-state index is 0.0233. The van der Waals surface area contributed by atoms with Gasteiger partial charge in [0.2, 0.25) is 0 Å². The Labute approximate surface area is 144 Å². The molecule has 1 aliphatic heterocycles. The predicted molar refractivity (Wildman–Crippen MR) is 88.4 cm³/mol. The molecule has 0 radical (unpaired) electrons. The Morgan fingerprint density at radius 3 is 2.50 bits per heavy atom. The van der Waals surface area contributed by atoms with E-state index >= 15 is 0 Å². The van der Waals surface area contributed by atoms with Crippen LogP contribution >= 0.6 is 11.6 Å². The summed E-state index contributed by atoms with van der Waals surface area (Å²) >= 11 is 5.64. The lowest BCUT2D eigenvalue weighted by Gasteiger charge is -2.34. The first-order valence-corrected chi connectivity index (χ1v) is 8.34. The Morgan fingerprint density at radius 1 is 1.25 bits per heavy atom. The number of amides is 2. The van der Waals surface area contributed by atoms with Crippen molar-refractivity contribution in [2.45, 2.75) is 25.9 Å². The van der Waals surface area contributed by atoms with Gasteiger partial charge in [0.15, 0.2) is 0 Å². The number of piperazine rings is 1. The summed E-state index contributed by atoms with van der Waals surface area (Å²) < 4.78 is 39.2. The fourth-order valence-electron chi connectivity index (χ4n) is 2.61. The zero-order valence-electron chi connectivity index (χ0n) is 13.5.